The van der Waals surface area contributed by atoms with E-state index in [1.807, 2.05) is 31.2 Å². The summed E-state index contributed by atoms with van der Waals surface area (Å²) in [5.41, 5.74) is 3.03. The summed E-state index contributed by atoms with van der Waals surface area (Å²) < 4.78 is 0. The van der Waals surface area contributed by atoms with Crippen LogP contribution in [0, 0.1) is 18.8 Å². The van der Waals surface area contributed by atoms with Gasteiger partial charge in [0.1, 0.15) is 0 Å². The number of pyridine rings is 1. The van der Waals surface area contributed by atoms with Crippen molar-refractivity contribution in [1.29, 1.82) is 0 Å². The van der Waals surface area contributed by atoms with E-state index in [0.29, 0.717) is 0 Å². The van der Waals surface area contributed by atoms with Gasteiger partial charge in [-0.3, -0.25) is 4.98 Å². The van der Waals surface area contributed by atoms with Crippen LogP contribution in [0.3, 0.4) is 0 Å². The molecule has 19 heavy (non-hydrogen) atoms. The quantitative estimate of drug-likeness (QED) is 0.545. The second-order valence-corrected chi connectivity index (χ2v) is 4.50. The van der Waals surface area contributed by atoms with Gasteiger partial charge in [0.05, 0.1) is 0 Å². The van der Waals surface area contributed by atoms with E-state index in [-0.39, 0.29) is 0 Å². The Morgan fingerprint density at radius 3 is 2.32 bits per heavy atom. The molecule has 3 aromatic rings. The summed E-state index contributed by atoms with van der Waals surface area (Å²) in [6.07, 6.45) is 1.79. The summed E-state index contributed by atoms with van der Waals surface area (Å²) >= 11 is 0. The molecule has 0 bridgehead atoms. The molecule has 2 aromatic carbocycles. The standard InChI is InChI=1S/C18H13N/c1-14-12-16(10-11-19-14)7-6-15-8-9-17-4-2-3-5-18(17)13-15/h2-5,8-13H,1H3. The average Bonchev–Trinajstić information content (AvgIpc) is 2.45. The third kappa shape index (κ3) is 2.64. The van der Waals surface area contributed by atoms with Crippen molar-refractivity contribution in [3.8, 4) is 11.8 Å². The second-order valence-electron chi connectivity index (χ2n) is 4.50. The minimum Gasteiger partial charge on any atom is -0.262 e. The highest BCUT2D eigenvalue weighted by Gasteiger charge is 1.93. The van der Waals surface area contributed by atoms with E-state index >= 15 is 0 Å². The van der Waals surface area contributed by atoms with Gasteiger partial charge in [-0.2, -0.15) is 0 Å². The van der Waals surface area contributed by atoms with Crippen LogP contribution in [0.1, 0.15) is 16.8 Å². The van der Waals surface area contributed by atoms with Gasteiger partial charge in [0.15, 0.2) is 0 Å². The Balaban J connectivity index is 1.98. The first-order chi connectivity index (χ1) is 9.31. The number of aromatic nitrogens is 1. The molecule has 1 heteroatoms. The van der Waals surface area contributed by atoms with Crippen molar-refractivity contribution in [2.75, 3.05) is 0 Å². The maximum Gasteiger partial charge on any atom is 0.0385 e. The minimum absolute atomic E-state index is 0.991. The van der Waals surface area contributed by atoms with Gasteiger partial charge in [-0.05, 0) is 42.0 Å². The second kappa shape index (κ2) is 4.96. The molecule has 0 aliphatic rings. The highest BCUT2D eigenvalue weighted by Crippen LogP contribution is 2.15. The molecule has 1 nitrogen and oxygen atoms in total. The van der Waals surface area contributed by atoms with E-state index in [1.54, 1.807) is 6.20 Å². The van der Waals surface area contributed by atoms with E-state index in [0.717, 1.165) is 16.8 Å². The Labute approximate surface area is 112 Å². The van der Waals surface area contributed by atoms with E-state index in [4.69, 9.17) is 0 Å². The van der Waals surface area contributed by atoms with E-state index in [1.165, 1.54) is 10.8 Å². The molecular formula is C18H13N. The van der Waals surface area contributed by atoms with Gasteiger partial charge in [-0.1, -0.05) is 42.2 Å². The largest absolute Gasteiger partial charge is 0.262 e. The van der Waals surface area contributed by atoms with Crippen LogP contribution in [0.15, 0.2) is 60.8 Å². The molecule has 90 valence electrons. The Kier molecular flexibility index (Phi) is 3.00. The Morgan fingerprint density at radius 1 is 0.789 bits per heavy atom. The maximum absolute atomic E-state index is 4.17. The summed E-state index contributed by atoms with van der Waals surface area (Å²) in [6, 6.07) is 18.5. The molecular weight excluding hydrogens is 230 g/mol. The predicted octanol–water partition coefficient (Wildman–Crippen LogP) is 3.94. The monoisotopic (exact) mass is 243 g/mol. The third-order valence-corrected chi connectivity index (χ3v) is 3.00. The van der Waals surface area contributed by atoms with Crippen LogP contribution >= 0.6 is 0 Å². The van der Waals surface area contributed by atoms with Crippen molar-refractivity contribution >= 4 is 10.8 Å². The molecule has 0 amide bonds. The summed E-state index contributed by atoms with van der Waals surface area (Å²) in [6.45, 7) is 1.97. The molecule has 0 fully saturated rings. The fraction of sp³-hybridized carbons (Fsp3) is 0.0556. The Morgan fingerprint density at radius 2 is 1.53 bits per heavy atom. The van der Waals surface area contributed by atoms with Crippen LogP contribution < -0.4 is 0 Å². The molecule has 0 aliphatic carbocycles. The lowest BCUT2D eigenvalue weighted by atomic mass is 10.1. The zero-order valence-electron chi connectivity index (χ0n) is 10.7. The molecule has 0 aliphatic heterocycles. The predicted molar refractivity (Wildman–Crippen MR) is 78.9 cm³/mol. The average molecular weight is 243 g/mol. The summed E-state index contributed by atoms with van der Waals surface area (Å²) in [5, 5.41) is 2.47. The molecule has 0 N–H and O–H groups in total. The van der Waals surface area contributed by atoms with Crippen LogP contribution in [-0.4, -0.2) is 4.98 Å². The Hall–Kier alpha value is -2.59. The third-order valence-electron chi connectivity index (χ3n) is 3.00. The molecule has 1 heterocycles. The molecule has 3 rings (SSSR count). The van der Waals surface area contributed by atoms with Crippen LogP contribution in [-0.2, 0) is 0 Å². The fourth-order valence-corrected chi connectivity index (χ4v) is 2.03. The number of nitrogens with zero attached hydrogens (tertiary/aromatic N) is 1. The zero-order valence-corrected chi connectivity index (χ0v) is 10.7. The van der Waals surface area contributed by atoms with Gasteiger partial charge in [-0.15, -0.1) is 0 Å². The molecule has 0 atom stereocenters. The smallest absolute Gasteiger partial charge is 0.0385 e. The number of rotatable bonds is 0. The van der Waals surface area contributed by atoms with Crippen molar-refractivity contribution in [2.45, 2.75) is 6.92 Å². The van der Waals surface area contributed by atoms with Gasteiger partial charge in [0, 0.05) is 23.0 Å². The molecule has 0 saturated carbocycles. The van der Waals surface area contributed by atoms with Crippen molar-refractivity contribution in [2.24, 2.45) is 0 Å². The first kappa shape index (κ1) is 11.5. The summed E-state index contributed by atoms with van der Waals surface area (Å²) in [7, 11) is 0. The number of fused-ring (bicyclic) bond motifs is 1. The number of benzene rings is 2. The van der Waals surface area contributed by atoms with Gasteiger partial charge in [0.25, 0.3) is 0 Å². The molecule has 0 spiro atoms. The zero-order chi connectivity index (χ0) is 13.1. The minimum atomic E-state index is 0.991. The lowest BCUT2D eigenvalue weighted by molar-refractivity contribution is 1.19. The van der Waals surface area contributed by atoms with Gasteiger partial charge < -0.3 is 0 Å². The normalized spacial score (nSPS) is 9.95. The van der Waals surface area contributed by atoms with Crippen LogP contribution in [0.2, 0.25) is 0 Å². The summed E-state index contributed by atoms with van der Waals surface area (Å²) in [5.74, 6) is 6.38. The molecule has 0 unspecified atom stereocenters. The lowest BCUT2D eigenvalue weighted by Gasteiger charge is -1.97. The van der Waals surface area contributed by atoms with Crippen LogP contribution in [0.25, 0.3) is 10.8 Å². The Bertz CT molecular complexity index is 791. The molecule has 0 saturated heterocycles. The first-order valence-electron chi connectivity index (χ1n) is 6.25. The first-order valence-corrected chi connectivity index (χ1v) is 6.25. The van der Waals surface area contributed by atoms with Crippen molar-refractivity contribution in [3.05, 3.63) is 77.6 Å². The van der Waals surface area contributed by atoms with Crippen molar-refractivity contribution in [1.82, 2.24) is 4.98 Å². The highest BCUT2D eigenvalue weighted by atomic mass is 14.6. The van der Waals surface area contributed by atoms with Crippen LogP contribution in [0.5, 0.6) is 0 Å². The highest BCUT2D eigenvalue weighted by molar-refractivity contribution is 5.83. The maximum atomic E-state index is 4.17. The number of hydrogen-bond acceptors (Lipinski definition) is 1. The van der Waals surface area contributed by atoms with Crippen molar-refractivity contribution in [3.63, 3.8) is 0 Å². The van der Waals surface area contributed by atoms with Gasteiger partial charge in [0.2, 0.25) is 0 Å². The van der Waals surface area contributed by atoms with E-state index in [9.17, 15) is 0 Å². The number of hydrogen-bond donors (Lipinski definition) is 0. The number of aryl methyl sites for hydroxylation is 1. The van der Waals surface area contributed by atoms with Crippen molar-refractivity contribution < 1.29 is 0 Å². The fourth-order valence-electron chi connectivity index (χ4n) is 2.03. The molecule has 1 aromatic heterocycles. The lowest BCUT2D eigenvalue weighted by Crippen LogP contribution is -1.82. The SMILES string of the molecule is Cc1cc(C#Cc2ccc3ccccc3c2)ccn1. The van der Waals surface area contributed by atoms with Gasteiger partial charge in [-0.25, -0.2) is 0 Å². The van der Waals surface area contributed by atoms with E-state index < -0.39 is 0 Å². The van der Waals surface area contributed by atoms with Crippen LogP contribution in [0.4, 0.5) is 0 Å². The summed E-state index contributed by atoms with van der Waals surface area (Å²) in [4.78, 5) is 4.17. The van der Waals surface area contributed by atoms with E-state index in [2.05, 4.69) is 47.2 Å². The van der Waals surface area contributed by atoms with Gasteiger partial charge >= 0.3 is 0 Å². The topological polar surface area (TPSA) is 12.9 Å². The molecule has 0 radical (unpaired) electrons.